The SMILES string of the molecule is CCN(C(=O)COC(=O)c1ccccc1-c1nc2ccccc2s1)[C@@H]1CCS(=O)(=O)C1. The second-order valence-corrected chi connectivity index (χ2v) is 10.6. The summed E-state index contributed by atoms with van der Waals surface area (Å²) in [5.41, 5.74) is 1.84. The molecule has 3 aromatic rings. The molecule has 1 fully saturated rings. The molecule has 1 amide bonds. The monoisotopic (exact) mass is 458 g/mol. The highest BCUT2D eigenvalue weighted by Crippen LogP contribution is 2.32. The third kappa shape index (κ3) is 4.62. The first-order chi connectivity index (χ1) is 14.9. The molecule has 1 aliphatic rings. The van der Waals surface area contributed by atoms with Gasteiger partial charge in [-0.1, -0.05) is 30.3 Å². The van der Waals surface area contributed by atoms with E-state index in [0.717, 1.165) is 10.2 Å². The largest absolute Gasteiger partial charge is 0.452 e. The predicted molar refractivity (Wildman–Crippen MR) is 120 cm³/mol. The average molecular weight is 459 g/mol. The molecule has 1 aromatic heterocycles. The predicted octanol–water partition coefficient (Wildman–Crippen LogP) is 3.16. The summed E-state index contributed by atoms with van der Waals surface area (Å²) in [7, 11) is -3.11. The molecular formula is C22H22N2O5S2. The average Bonchev–Trinajstić information content (AvgIpc) is 3.35. The summed E-state index contributed by atoms with van der Waals surface area (Å²) in [4.78, 5) is 31.5. The van der Waals surface area contributed by atoms with Gasteiger partial charge in [0.25, 0.3) is 5.91 Å². The number of thiazole rings is 1. The van der Waals surface area contributed by atoms with E-state index in [2.05, 4.69) is 4.98 Å². The van der Waals surface area contributed by atoms with Crippen molar-refractivity contribution in [1.82, 2.24) is 9.88 Å². The number of hydrogen-bond acceptors (Lipinski definition) is 7. The second-order valence-electron chi connectivity index (χ2n) is 7.35. The van der Waals surface area contributed by atoms with Crippen LogP contribution in [0.4, 0.5) is 0 Å². The van der Waals surface area contributed by atoms with Crippen molar-refractivity contribution in [3.05, 3.63) is 54.1 Å². The fraction of sp³-hybridized carbons (Fsp3) is 0.318. The Morgan fingerprint density at radius 2 is 1.90 bits per heavy atom. The third-order valence-corrected chi connectivity index (χ3v) is 8.13. The lowest BCUT2D eigenvalue weighted by atomic mass is 10.1. The molecule has 0 radical (unpaired) electrons. The number of hydrogen-bond donors (Lipinski definition) is 0. The Labute approximate surface area is 184 Å². The number of rotatable bonds is 6. The van der Waals surface area contributed by atoms with Crippen molar-refractivity contribution in [2.75, 3.05) is 24.7 Å². The molecule has 0 spiro atoms. The van der Waals surface area contributed by atoms with Crippen molar-refractivity contribution in [3.8, 4) is 10.6 Å². The summed E-state index contributed by atoms with van der Waals surface area (Å²) in [6.45, 7) is 1.71. The van der Waals surface area contributed by atoms with Crippen LogP contribution in [0, 0.1) is 0 Å². The number of carbonyl (C=O) groups is 2. The highest BCUT2D eigenvalue weighted by atomic mass is 32.2. The Bertz CT molecular complexity index is 1200. The fourth-order valence-electron chi connectivity index (χ4n) is 3.78. The molecule has 1 atom stereocenters. The van der Waals surface area contributed by atoms with E-state index in [1.54, 1.807) is 25.1 Å². The summed E-state index contributed by atoms with van der Waals surface area (Å²) in [5.74, 6) is -0.966. The zero-order valence-electron chi connectivity index (χ0n) is 17.0. The number of esters is 1. The first-order valence-corrected chi connectivity index (χ1v) is 12.6. The number of likely N-dealkylation sites (N-methyl/N-ethyl adjacent to an activating group) is 1. The van der Waals surface area contributed by atoms with E-state index in [1.807, 2.05) is 30.3 Å². The van der Waals surface area contributed by atoms with Gasteiger partial charge in [-0.3, -0.25) is 4.79 Å². The fourth-order valence-corrected chi connectivity index (χ4v) is 6.52. The summed E-state index contributed by atoms with van der Waals surface area (Å²) in [5, 5.41) is 0.700. The molecule has 1 aliphatic heterocycles. The van der Waals surface area contributed by atoms with Gasteiger partial charge in [-0.25, -0.2) is 18.2 Å². The number of benzene rings is 2. The maximum absolute atomic E-state index is 12.8. The van der Waals surface area contributed by atoms with Gasteiger partial charge >= 0.3 is 5.97 Å². The van der Waals surface area contributed by atoms with E-state index in [4.69, 9.17) is 4.74 Å². The Kier molecular flexibility index (Phi) is 6.06. The molecular weight excluding hydrogens is 436 g/mol. The topological polar surface area (TPSA) is 93.6 Å². The van der Waals surface area contributed by atoms with Crippen LogP contribution in [0.25, 0.3) is 20.8 Å². The third-order valence-electron chi connectivity index (χ3n) is 5.31. The smallest absolute Gasteiger partial charge is 0.339 e. The lowest BCUT2D eigenvalue weighted by Gasteiger charge is -2.26. The van der Waals surface area contributed by atoms with E-state index in [-0.39, 0.29) is 17.5 Å². The minimum Gasteiger partial charge on any atom is -0.452 e. The van der Waals surface area contributed by atoms with Gasteiger partial charge < -0.3 is 9.64 Å². The standard InChI is InChI=1S/C22H22N2O5S2/c1-2-24(15-11-12-31(27,28)14-15)20(25)13-29-22(26)17-8-4-3-7-16(17)21-23-18-9-5-6-10-19(18)30-21/h3-10,15H,2,11-14H2,1H3/t15-/m1/s1. The number of nitrogens with zero attached hydrogens (tertiary/aromatic N) is 2. The molecule has 9 heteroatoms. The highest BCUT2D eigenvalue weighted by Gasteiger charge is 2.34. The summed E-state index contributed by atoms with van der Waals surface area (Å²) in [6.07, 6.45) is 0.413. The molecule has 0 unspecified atom stereocenters. The molecule has 0 bridgehead atoms. The van der Waals surface area contributed by atoms with Crippen LogP contribution < -0.4 is 0 Å². The van der Waals surface area contributed by atoms with Gasteiger partial charge in [0.05, 0.1) is 27.3 Å². The lowest BCUT2D eigenvalue weighted by Crippen LogP contribution is -2.43. The number of fused-ring (bicyclic) bond motifs is 1. The number of ether oxygens (including phenoxy) is 1. The van der Waals surface area contributed by atoms with Gasteiger partial charge in [-0.15, -0.1) is 11.3 Å². The van der Waals surface area contributed by atoms with Crippen molar-refractivity contribution < 1.29 is 22.7 Å². The van der Waals surface area contributed by atoms with Crippen LogP contribution in [0.3, 0.4) is 0 Å². The van der Waals surface area contributed by atoms with Crippen LogP contribution in [-0.4, -0.2) is 60.9 Å². The van der Waals surface area contributed by atoms with Gasteiger partial charge in [-0.2, -0.15) is 0 Å². The zero-order valence-corrected chi connectivity index (χ0v) is 18.6. The van der Waals surface area contributed by atoms with Gasteiger partial charge in [0, 0.05) is 18.2 Å². The Morgan fingerprint density at radius 3 is 2.61 bits per heavy atom. The van der Waals surface area contributed by atoms with Crippen LogP contribution in [-0.2, 0) is 19.4 Å². The minimum absolute atomic E-state index is 0.0407. The first-order valence-electron chi connectivity index (χ1n) is 10.00. The van der Waals surface area contributed by atoms with Crippen LogP contribution in [0.15, 0.2) is 48.5 Å². The number of carbonyl (C=O) groups excluding carboxylic acids is 2. The second kappa shape index (κ2) is 8.76. The van der Waals surface area contributed by atoms with E-state index in [1.165, 1.54) is 16.2 Å². The summed E-state index contributed by atoms with van der Waals surface area (Å²) >= 11 is 1.48. The summed E-state index contributed by atoms with van der Waals surface area (Å²) < 4.78 is 29.8. The molecule has 0 aliphatic carbocycles. The number of para-hydroxylation sites is 1. The Morgan fingerprint density at radius 1 is 1.16 bits per heavy atom. The number of aromatic nitrogens is 1. The molecule has 1 saturated heterocycles. The maximum Gasteiger partial charge on any atom is 0.339 e. The molecule has 162 valence electrons. The first kappa shape index (κ1) is 21.5. The normalized spacial score (nSPS) is 17.5. The molecule has 2 aromatic carbocycles. The summed E-state index contributed by atoms with van der Waals surface area (Å²) in [6, 6.07) is 14.4. The Hall–Kier alpha value is -2.78. The highest BCUT2D eigenvalue weighted by molar-refractivity contribution is 7.91. The van der Waals surface area contributed by atoms with Gasteiger partial charge in [0.1, 0.15) is 5.01 Å². The minimum atomic E-state index is -3.11. The van der Waals surface area contributed by atoms with Crippen LogP contribution in [0.5, 0.6) is 0 Å². The van der Waals surface area contributed by atoms with Crippen LogP contribution >= 0.6 is 11.3 Å². The van der Waals surface area contributed by atoms with Crippen molar-refractivity contribution in [2.24, 2.45) is 0 Å². The number of amides is 1. The van der Waals surface area contributed by atoms with E-state index in [9.17, 15) is 18.0 Å². The van der Waals surface area contributed by atoms with Crippen molar-refractivity contribution >= 4 is 43.3 Å². The maximum atomic E-state index is 12.8. The molecule has 4 rings (SSSR count). The molecule has 31 heavy (non-hydrogen) atoms. The van der Waals surface area contributed by atoms with Gasteiger partial charge in [0.2, 0.25) is 0 Å². The molecule has 2 heterocycles. The van der Waals surface area contributed by atoms with Crippen molar-refractivity contribution in [2.45, 2.75) is 19.4 Å². The zero-order chi connectivity index (χ0) is 22.0. The van der Waals surface area contributed by atoms with Gasteiger partial charge in [0.15, 0.2) is 16.4 Å². The van der Waals surface area contributed by atoms with Gasteiger partial charge in [-0.05, 0) is 31.5 Å². The van der Waals surface area contributed by atoms with E-state index >= 15 is 0 Å². The number of sulfone groups is 1. The molecule has 0 saturated carbocycles. The molecule has 0 N–H and O–H groups in total. The Balaban J connectivity index is 1.48. The van der Waals surface area contributed by atoms with E-state index < -0.39 is 28.3 Å². The van der Waals surface area contributed by atoms with Crippen molar-refractivity contribution in [3.63, 3.8) is 0 Å². The van der Waals surface area contributed by atoms with Crippen LogP contribution in [0.2, 0.25) is 0 Å². The van der Waals surface area contributed by atoms with Crippen LogP contribution in [0.1, 0.15) is 23.7 Å². The lowest BCUT2D eigenvalue weighted by molar-refractivity contribution is -0.136. The van der Waals surface area contributed by atoms with Crippen molar-refractivity contribution in [1.29, 1.82) is 0 Å². The van der Waals surface area contributed by atoms with E-state index in [0.29, 0.717) is 29.1 Å². The quantitative estimate of drug-likeness (QED) is 0.527. The molecule has 7 nitrogen and oxygen atoms in total.